The maximum Gasteiger partial charge on any atom is 0.115 e. The second-order valence-electron chi connectivity index (χ2n) is 6.25. The first-order valence-corrected chi connectivity index (χ1v) is 8.29. The molecular formula is C19H21ClO3. The Kier molecular flexibility index (Phi) is 4.90. The van der Waals surface area contributed by atoms with Crippen molar-refractivity contribution in [1.82, 2.24) is 0 Å². The Hall–Kier alpha value is -1.55. The summed E-state index contributed by atoms with van der Waals surface area (Å²) in [5.41, 5.74) is 3.15. The number of benzene rings is 2. The topological polar surface area (TPSA) is 49.7 Å². The number of phenols is 1. The molecule has 4 heteroatoms. The summed E-state index contributed by atoms with van der Waals surface area (Å²) in [6.07, 6.45) is 1.64. The fourth-order valence-electron chi connectivity index (χ4n) is 3.10. The number of aliphatic hydroxyl groups is 1. The molecule has 1 aliphatic rings. The highest BCUT2D eigenvalue weighted by molar-refractivity contribution is 6.31. The van der Waals surface area contributed by atoms with E-state index in [0.717, 1.165) is 16.7 Å². The smallest absolute Gasteiger partial charge is 0.115 e. The molecule has 0 amide bonds. The van der Waals surface area contributed by atoms with Gasteiger partial charge in [0.05, 0.1) is 18.3 Å². The maximum absolute atomic E-state index is 9.97. The molecule has 0 unspecified atom stereocenters. The summed E-state index contributed by atoms with van der Waals surface area (Å²) in [5.74, 6) is 0.257. The number of hydrogen-bond acceptors (Lipinski definition) is 3. The Morgan fingerprint density at radius 2 is 1.87 bits per heavy atom. The Balaban J connectivity index is 1.82. The van der Waals surface area contributed by atoms with E-state index >= 15 is 0 Å². The van der Waals surface area contributed by atoms with Crippen LogP contribution in [0.1, 0.15) is 42.6 Å². The lowest BCUT2D eigenvalue weighted by molar-refractivity contribution is -0.0895. The van der Waals surface area contributed by atoms with Crippen molar-refractivity contribution < 1.29 is 14.9 Å². The highest BCUT2D eigenvalue weighted by atomic mass is 35.5. The number of halogens is 1. The van der Waals surface area contributed by atoms with E-state index in [4.69, 9.17) is 16.3 Å². The Bertz CT molecular complexity index is 659. The number of hydrogen-bond donors (Lipinski definition) is 2. The van der Waals surface area contributed by atoms with Crippen molar-refractivity contribution >= 4 is 11.6 Å². The van der Waals surface area contributed by atoms with E-state index in [-0.39, 0.29) is 24.1 Å². The van der Waals surface area contributed by atoms with Gasteiger partial charge in [-0.3, -0.25) is 0 Å². The third-order valence-electron chi connectivity index (χ3n) is 4.26. The molecule has 0 saturated carbocycles. The summed E-state index contributed by atoms with van der Waals surface area (Å²) in [5, 5.41) is 20.1. The van der Waals surface area contributed by atoms with E-state index < -0.39 is 0 Å². The molecule has 1 aliphatic heterocycles. The van der Waals surface area contributed by atoms with Gasteiger partial charge in [0.1, 0.15) is 5.75 Å². The van der Waals surface area contributed by atoms with Crippen molar-refractivity contribution in [3.8, 4) is 5.75 Å². The Morgan fingerprint density at radius 3 is 2.57 bits per heavy atom. The van der Waals surface area contributed by atoms with Crippen LogP contribution in [0.15, 0.2) is 42.5 Å². The van der Waals surface area contributed by atoms with E-state index in [1.54, 1.807) is 12.1 Å². The van der Waals surface area contributed by atoms with Crippen LogP contribution in [-0.4, -0.2) is 22.4 Å². The molecule has 2 aromatic carbocycles. The van der Waals surface area contributed by atoms with Gasteiger partial charge in [0, 0.05) is 11.4 Å². The minimum absolute atomic E-state index is 0.0555. The van der Waals surface area contributed by atoms with Crippen molar-refractivity contribution in [3.63, 3.8) is 0 Å². The van der Waals surface area contributed by atoms with Crippen molar-refractivity contribution in [1.29, 1.82) is 0 Å². The molecule has 1 fully saturated rings. The lowest BCUT2D eigenvalue weighted by atomic mass is 9.94. The van der Waals surface area contributed by atoms with E-state index in [1.165, 1.54) is 0 Å². The lowest BCUT2D eigenvalue weighted by Gasteiger charge is -2.31. The van der Waals surface area contributed by atoms with E-state index in [9.17, 15) is 10.2 Å². The predicted molar refractivity (Wildman–Crippen MR) is 90.9 cm³/mol. The van der Waals surface area contributed by atoms with Gasteiger partial charge in [-0.2, -0.15) is 0 Å². The third-order valence-corrected chi connectivity index (χ3v) is 4.63. The summed E-state index contributed by atoms with van der Waals surface area (Å²) < 4.78 is 5.97. The fraction of sp³-hybridized carbons (Fsp3) is 0.368. The van der Waals surface area contributed by atoms with Crippen LogP contribution in [0.4, 0.5) is 0 Å². The molecule has 0 aromatic heterocycles. The van der Waals surface area contributed by atoms with Gasteiger partial charge in [-0.15, -0.1) is 0 Å². The number of ether oxygens (including phenoxy) is 1. The third kappa shape index (κ3) is 4.05. The molecule has 3 nitrogen and oxygen atoms in total. The highest BCUT2D eigenvalue weighted by Gasteiger charge is 2.27. The number of aliphatic hydroxyl groups excluding tert-OH is 1. The molecule has 0 radical (unpaired) electrons. The zero-order valence-electron chi connectivity index (χ0n) is 13.1. The number of aromatic hydroxyl groups is 1. The second-order valence-corrected chi connectivity index (χ2v) is 6.66. The van der Waals surface area contributed by atoms with Crippen LogP contribution < -0.4 is 0 Å². The summed E-state index contributed by atoms with van der Waals surface area (Å²) in [4.78, 5) is 0. The van der Waals surface area contributed by atoms with Gasteiger partial charge in [-0.1, -0.05) is 35.9 Å². The van der Waals surface area contributed by atoms with E-state index in [1.807, 2.05) is 31.2 Å². The molecule has 2 aromatic rings. The number of rotatable bonds is 3. The molecule has 3 rings (SSSR count). The largest absolute Gasteiger partial charge is 0.508 e. The van der Waals surface area contributed by atoms with Crippen molar-refractivity contribution in [2.75, 3.05) is 0 Å². The monoisotopic (exact) mass is 332 g/mol. The first kappa shape index (κ1) is 16.3. The molecule has 0 bridgehead atoms. The van der Waals surface area contributed by atoms with Crippen LogP contribution >= 0.6 is 11.6 Å². The zero-order chi connectivity index (χ0) is 16.4. The maximum atomic E-state index is 9.97. The molecule has 2 N–H and O–H groups in total. The molecule has 0 spiro atoms. The van der Waals surface area contributed by atoms with Crippen molar-refractivity contribution in [2.24, 2.45) is 0 Å². The highest BCUT2D eigenvalue weighted by Crippen LogP contribution is 2.33. The average molecular weight is 333 g/mol. The van der Waals surface area contributed by atoms with Gasteiger partial charge in [-0.05, 0) is 54.7 Å². The van der Waals surface area contributed by atoms with Gasteiger partial charge in [0.2, 0.25) is 0 Å². The first-order chi connectivity index (χ1) is 11.0. The van der Waals surface area contributed by atoms with Gasteiger partial charge in [0.15, 0.2) is 0 Å². The molecule has 1 heterocycles. The van der Waals surface area contributed by atoms with Crippen LogP contribution in [0.5, 0.6) is 5.75 Å². The van der Waals surface area contributed by atoms with Crippen LogP contribution in [0.3, 0.4) is 0 Å². The summed E-state index contributed by atoms with van der Waals surface area (Å²) in [7, 11) is 0. The molecular weight excluding hydrogens is 312 g/mol. The van der Waals surface area contributed by atoms with E-state index in [2.05, 4.69) is 6.07 Å². The first-order valence-electron chi connectivity index (χ1n) is 7.91. The van der Waals surface area contributed by atoms with Gasteiger partial charge in [0.25, 0.3) is 0 Å². The minimum Gasteiger partial charge on any atom is -0.508 e. The SMILES string of the molecule is C[C@@H]1C[C@H](O)C[C@H](c2ccc(Cl)c(Cc3ccc(O)cc3)c2)O1. The normalized spacial score (nSPS) is 24.6. The molecule has 3 atom stereocenters. The zero-order valence-corrected chi connectivity index (χ0v) is 13.8. The van der Waals surface area contributed by atoms with Crippen LogP contribution in [0.2, 0.25) is 5.02 Å². The Labute approximate surface area is 141 Å². The van der Waals surface area contributed by atoms with Crippen LogP contribution in [0, 0.1) is 0 Å². The molecule has 1 saturated heterocycles. The standard InChI is InChI=1S/C19H21ClO3/c1-12-8-17(22)11-19(23-12)14-4-7-18(20)15(10-14)9-13-2-5-16(21)6-3-13/h2-7,10,12,17,19,21-22H,8-9,11H2,1H3/t12-,17+,19-/m1/s1. The van der Waals surface area contributed by atoms with Crippen molar-refractivity contribution in [3.05, 3.63) is 64.2 Å². The quantitative estimate of drug-likeness (QED) is 0.884. The summed E-state index contributed by atoms with van der Waals surface area (Å²) in [6, 6.07) is 13.1. The van der Waals surface area contributed by atoms with Gasteiger partial charge >= 0.3 is 0 Å². The molecule has 0 aliphatic carbocycles. The van der Waals surface area contributed by atoms with E-state index in [0.29, 0.717) is 24.3 Å². The van der Waals surface area contributed by atoms with Crippen LogP contribution in [0.25, 0.3) is 0 Å². The summed E-state index contributed by atoms with van der Waals surface area (Å²) in [6.45, 7) is 1.99. The molecule has 122 valence electrons. The fourth-order valence-corrected chi connectivity index (χ4v) is 3.28. The molecule has 23 heavy (non-hydrogen) atoms. The van der Waals surface area contributed by atoms with Gasteiger partial charge < -0.3 is 14.9 Å². The lowest BCUT2D eigenvalue weighted by Crippen LogP contribution is -2.29. The summed E-state index contributed by atoms with van der Waals surface area (Å²) >= 11 is 6.33. The van der Waals surface area contributed by atoms with Crippen molar-refractivity contribution in [2.45, 2.75) is 44.5 Å². The second kappa shape index (κ2) is 6.91. The van der Waals surface area contributed by atoms with Gasteiger partial charge in [-0.25, -0.2) is 0 Å². The predicted octanol–water partition coefficient (Wildman–Crippen LogP) is 4.24. The minimum atomic E-state index is -0.319. The van der Waals surface area contributed by atoms with Crippen LogP contribution in [-0.2, 0) is 11.2 Å². The Morgan fingerprint density at radius 1 is 1.13 bits per heavy atom. The number of phenolic OH excluding ortho intramolecular Hbond substituents is 1. The average Bonchev–Trinajstić information content (AvgIpc) is 2.50.